The summed E-state index contributed by atoms with van der Waals surface area (Å²) in [6, 6.07) is 28.8. The number of methoxy groups -OCH3 is 1. The van der Waals surface area contributed by atoms with Crippen molar-refractivity contribution >= 4 is 11.7 Å². The first-order valence-corrected chi connectivity index (χ1v) is 13.1. The third-order valence-corrected chi connectivity index (χ3v) is 8.10. The Kier molecular flexibility index (Phi) is 5.93. The van der Waals surface area contributed by atoms with Crippen molar-refractivity contribution < 1.29 is 14.6 Å². The summed E-state index contributed by atoms with van der Waals surface area (Å²) in [4.78, 5) is 5.13. The summed E-state index contributed by atoms with van der Waals surface area (Å²) < 4.78 is 12.6. The van der Waals surface area contributed by atoms with Gasteiger partial charge >= 0.3 is 0 Å². The van der Waals surface area contributed by atoms with E-state index in [0.717, 1.165) is 28.9 Å². The first kappa shape index (κ1) is 24.0. The van der Waals surface area contributed by atoms with Crippen molar-refractivity contribution in [2.75, 3.05) is 20.3 Å². The molecule has 0 aromatic heterocycles. The minimum atomic E-state index is -0.901. The molecule has 2 aliphatic heterocycles. The molecule has 3 aliphatic rings. The van der Waals surface area contributed by atoms with Gasteiger partial charge in [-0.1, -0.05) is 84.9 Å². The SMILES string of the molecule is COC1=C2C(Cc3ccccc3)NC[C@@H]2[C@@](C2=NC(C)(C)CO2)(C(O)c2ccccc2)c2ccccc21. The van der Waals surface area contributed by atoms with Crippen LogP contribution in [0.25, 0.3) is 5.76 Å². The molecule has 1 saturated heterocycles. The first-order valence-electron chi connectivity index (χ1n) is 13.1. The Balaban J connectivity index is 1.61. The van der Waals surface area contributed by atoms with Gasteiger partial charge in [0.05, 0.1) is 18.8 Å². The number of fused-ring (bicyclic) bond motifs is 2. The number of nitrogens with zero attached hydrogens (tertiary/aromatic N) is 1. The quantitative estimate of drug-likeness (QED) is 0.503. The summed E-state index contributed by atoms with van der Waals surface area (Å²) in [5.74, 6) is 1.40. The van der Waals surface area contributed by atoms with Gasteiger partial charge in [0, 0.05) is 24.1 Å². The molecule has 6 rings (SSSR count). The Labute approximate surface area is 218 Å². The molecule has 1 fully saturated rings. The maximum absolute atomic E-state index is 12.4. The third-order valence-electron chi connectivity index (χ3n) is 8.10. The van der Waals surface area contributed by atoms with Crippen LogP contribution in [0.5, 0.6) is 0 Å². The average Bonchev–Trinajstić information content (AvgIpc) is 3.51. The predicted molar refractivity (Wildman–Crippen MR) is 146 cm³/mol. The third kappa shape index (κ3) is 3.80. The highest BCUT2D eigenvalue weighted by atomic mass is 16.5. The summed E-state index contributed by atoms with van der Waals surface area (Å²) in [5, 5.41) is 16.2. The number of benzene rings is 3. The number of hydrogen-bond donors (Lipinski definition) is 2. The van der Waals surface area contributed by atoms with Crippen LogP contribution in [0.15, 0.2) is 95.5 Å². The number of ether oxygens (including phenoxy) is 2. The second kappa shape index (κ2) is 9.16. The monoisotopic (exact) mass is 494 g/mol. The van der Waals surface area contributed by atoms with Gasteiger partial charge in [-0.3, -0.25) is 0 Å². The lowest BCUT2D eigenvalue weighted by molar-refractivity contribution is 0.0764. The maximum Gasteiger partial charge on any atom is 0.198 e. The fourth-order valence-electron chi connectivity index (χ4n) is 6.50. The molecule has 1 aliphatic carbocycles. The molecule has 0 spiro atoms. The summed E-state index contributed by atoms with van der Waals surface area (Å²) in [6.45, 7) is 5.33. The van der Waals surface area contributed by atoms with E-state index in [9.17, 15) is 5.11 Å². The Hall–Kier alpha value is -3.41. The van der Waals surface area contributed by atoms with Gasteiger partial charge in [0.15, 0.2) is 5.90 Å². The van der Waals surface area contributed by atoms with Crippen LogP contribution >= 0.6 is 0 Å². The number of aliphatic hydroxyl groups excluding tert-OH is 1. The van der Waals surface area contributed by atoms with Crippen LogP contribution in [0.1, 0.15) is 42.2 Å². The van der Waals surface area contributed by atoms with Crippen LogP contribution in [-0.2, 0) is 21.3 Å². The van der Waals surface area contributed by atoms with Gasteiger partial charge in [-0.25, -0.2) is 4.99 Å². The van der Waals surface area contributed by atoms with Crippen molar-refractivity contribution in [1.29, 1.82) is 0 Å². The van der Waals surface area contributed by atoms with Gasteiger partial charge in [-0.15, -0.1) is 0 Å². The molecule has 2 heterocycles. The number of nitrogens with one attached hydrogen (secondary N) is 1. The van der Waals surface area contributed by atoms with E-state index in [4.69, 9.17) is 14.5 Å². The molecular formula is C32H34N2O3. The lowest BCUT2D eigenvalue weighted by Crippen LogP contribution is -2.52. The molecule has 3 aromatic carbocycles. The summed E-state index contributed by atoms with van der Waals surface area (Å²) >= 11 is 0. The Morgan fingerprint density at radius 1 is 1.00 bits per heavy atom. The topological polar surface area (TPSA) is 63.1 Å². The maximum atomic E-state index is 12.4. The first-order chi connectivity index (χ1) is 18.0. The van der Waals surface area contributed by atoms with Crippen LogP contribution in [0, 0.1) is 5.92 Å². The van der Waals surface area contributed by atoms with Gasteiger partial charge in [-0.2, -0.15) is 0 Å². The van der Waals surface area contributed by atoms with E-state index in [1.807, 2.05) is 48.5 Å². The molecule has 2 unspecified atom stereocenters. The van der Waals surface area contributed by atoms with Gasteiger partial charge in [0.1, 0.15) is 17.8 Å². The number of rotatable bonds is 6. The summed E-state index contributed by atoms with van der Waals surface area (Å²) in [5.41, 5.74) is 4.00. The molecule has 0 amide bonds. The van der Waals surface area contributed by atoms with Gasteiger partial charge in [0.2, 0.25) is 0 Å². The molecule has 0 saturated carbocycles. The van der Waals surface area contributed by atoms with E-state index >= 15 is 0 Å². The fraction of sp³-hybridized carbons (Fsp3) is 0.344. The largest absolute Gasteiger partial charge is 0.496 e. The Morgan fingerprint density at radius 2 is 1.68 bits per heavy atom. The highest BCUT2D eigenvalue weighted by molar-refractivity contribution is 5.95. The second-order valence-corrected chi connectivity index (χ2v) is 10.9. The summed E-state index contributed by atoms with van der Waals surface area (Å²) in [6.07, 6.45) is -0.0314. The van der Waals surface area contributed by atoms with E-state index in [-0.39, 0.29) is 17.5 Å². The van der Waals surface area contributed by atoms with Crippen molar-refractivity contribution in [3.8, 4) is 0 Å². The van der Waals surface area contributed by atoms with Crippen molar-refractivity contribution in [1.82, 2.24) is 5.32 Å². The molecular weight excluding hydrogens is 460 g/mol. The molecule has 0 radical (unpaired) electrons. The zero-order chi connectivity index (χ0) is 25.6. The van der Waals surface area contributed by atoms with Gasteiger partial charge in [-0.05, 0) is 42.5 Å². The molecule has 2 N–H and O–H groups in total. The number of aliphatic imine (C=N–C) groups is 1. The predicted octanol–water partition coefficient (Wildman–Crippen LogP) is 5.07. The zero-order valence-electron chi connectivity index (χ0n) is 21.6. The van der Waals surface area contributed by atoms with Crippen molar-refractivity contribution in [3.05, 3.63) is 113 Å². The van der Waals surface area contributed by atoms with E-state index in [1.165, 1.54) is 11.1 Å². The second-order valence-electron chi connectivity index (χ2n) is 10.9. The molecule has 190 valence electrons. The van der Waals surface area contributed by atoms with Crippen LogP contribution < -0.4 is 5.32 Å². The van der Waals surface area contributed by atoms with Crippen LogP contribution in [0.2, 0.25) is 0 Å². The lowest BCUT2D eigenvalue weighted by atomic mass is 9.58. The fourth-order valence-corrected chi connectivity index (χ4v) is 6.50. The van der Waals surface area contributed by atoms with Gasteiger partial charge in [0.25, 0.3) is 0 Å². The molecule has 5 heteroatoms. The van der Waals surface area contributed by atoms with E-state index in [2.05, 4.69) is 55.6 Å². The van der Waals surface area contributed by atoms with Gasteiger partial charge < -0.3 is 19.9 Å². The van der Waals surface area contributed by atoms with Crippen LogP contribution in [0.4, 0.5) is 0 Å². The Morgan fingerprint density at radius 3 is 2.35 bits per heavy atom. The van der Waals surface area contributed by atoms with Crippen molar-refractivity contribution in [3.63, 3.8) is 0 Å². The van der Waals surface area contributed by atoms with Crippen LogP contribution in [-0.4, -0.2) is 42.8 Å². The normalized spacial score (nSPS) is 26.6. The van der Waals surface area contributed by atoms with E-state index < -0.39 is 11.5 Å². The molecule has 5 nitrogen and oxygen atoms in total. The minimum Gasteiger partial charge on any atom is -0.496 e. The molecule has 4 atom stereocenters. The van der Waals surface area contributed by atoms with Crippen LogP contribution in [0.3, 0.4) is 0 Å². The summed E-state index contributed by atoms with van der Waals surface area (Å²) in [7, 11) is 1.75. The van der Waals surface area contributed by atoms with E-state index in [0.29, 0.717) is 19.0 Å². The standard InChI is InChI=1S/C32H34N2O3/c1-31(2)20-37-30(34-31)32(29(35)22-14-8-5-9-15-22)24-17-11-10-16-23(24)28(36-3)27-25(32)19-33-26(27)18-21-12-6-4-7-13-21/h4-17,25-26,29,33,35H,18-20H2,1-3H3/t25-,26?,29?,32+/m0/s1. The van der Waals surface area contributed by atoms with E-state index in [1.54, 1.807) is 7.11 Å². The molecule has 0 bridgehead atoms. The Bertz CT molecular complexity index is 1350. The number of hydrogen-bond acceptors (Lipinski definition) is 5. The highest BCUT2D eigenvalue weighted by Crippen LogP contribution is 2.57. The van der Waals surface area contributed by atoms with Crippen molar-refractivity contribution in [2.45, 2.75) is 43.4 Å². The number of aliphatic hydroxyl groups is 1. The highest BCUT2D eigenvalue weighted by Gasteiger charge is 2.61. The molecule has 3 aromatic rings. The molecule has 37 heavy (non-hydrogen) atoms. The smallest absolute Gasteiger partial charge is 0.198 e. The van der Waals surface area contributed by atoms with Crippen molar-refractivity contribution in [2.24, 2.45) is 10.9 Å². The lowest BCUT2D eigenvalue weighted by Gasteiger charge is -2.47. The average molecular weight is 495 g/mol. The minimum absolute atomic E-state index is 0.0630. The zero-order valence-corrected chi connectivity index (χ0v) is 21.6.